The van der Waals surface area contributed by atoms with Gasteiger partial charge in [-0.15, -0.1) is 0 Å². The number of anilines is 1. The Morgan fingerprint density at radius 2 is 1.46 bits per heavy atom. The van der Waals surface area contributed by atoms with Gasteiger partial charge in [0, 0.05) is 30.8 Å². The summed E-state index contributed by atoms with van der Waals surface area (Å²) >= 11 is 6.07. The molecule has 1 amide bonds. The summed E-state index contributed by atoms with van der Waals surface area (Å²) in [4.78, 5) is 11.6. The molecule has 0 aliphatic carbocycles. The standard InChI is InChI=1S/C22H20ClF9N2O3/c1-37-5-4-18(35)33-10-12-2-3-16(9-17(12)23)34-11-19(36,22(30,31)32)13-6-14(20(24,25)26)8-15(7-13)21(27,28)29/h2-3,6-9,34,36H,4-5,10-11H2,1H3,(H,33,35)/t19-/m0/s1. The van der Waals surface area contributed by atoms with Crippen molar-refractivity contribution >= 4 is 23.2 Å². The molecule has 0 bridgehead atoms. The van der Waals surface area contributed by atoms with Crippen LogP contribution < -0.4 is 10.6 Å². The van der Waals surface area contributed by atoms with Gasteiger partial charge in [-0.2, -0.15) is 39.5 Å². The fraction of sp³-hybridized carbons (Fsp3) is 0.409. The van der Waals surface area contributed by atoms with E-state index in [1.54, 1.807) is 0 Å². The molecule has 206 valence electrons. The lowest BCUT2D eigenvalue weighted by Gasteiger charge is -2.32. The maximum Gasteiger partial charge on any atom is 0.423 e. The highest BCUT2D eigenvalue weighted by molar-refractivity contribution is 6.31. The van der Waals surface area contributed by atoms with Gasteiger partial charge in [-0.25, -0.2) is 0 Å². The Labute approximate surface area is 209 Å². The van der Waals surface area contributed by atoms with Crippen LogP contribution in [0.4, 0.5) is 45.2 Å². The van der Waals surface area contributed by atoms with Gasteiger partial charge in [0.1, 0.15) is 0 Å². The molecule has 0 fully saturated rings. The zero-order chi connectivity index (χ0) is 28.2. The number of hydrogen-bond acceptors (Lipinski definition) is 4. The Morgan fingerprint density at radius 1 is 0.919 bits per heavy atom. The van der Waals surface area contributed by atoms with Gasteiger partial charge in [-0.1, -0.05) is 17.7 Å². The minimum absolute atomic E-state index is 0.0222. The molecule has 1 atom stereocenters. The molecule has 2 aromatic carbocycles. The van der Waals surface area contributed by atoms with Crippen LogP contribution in [0, 0.1) is 0 Å². The molecule has 0 saturated carbocycles. The normalized spacial score (nSPS) is 14.3. The molecule has 2 aromatic rings. The third-order valence-corrected chi connectivity index (χ3v) is 5.50. The third-order valence-electron chi connectivity index (χ3n) is 5.14. The predicted octanol–water partition coefficient (Wildman–Crippen LogP) is 5.89. The van der Waals surface area contributed by atoms with E-state index in [2.05, 4.69) is 10.6 Å². The number of halogens is 10. The lowest BCUT2D eigenvalue weighted by atomic mass is 9.89. The SMILES string of the molecule is COCCC(=O)NCc1ccc(NC[C@](O)(c2cc(C(F)(F)F)cc(C(F)(F)F)c2)C(F)(F)F)cc1Cl. The fourth-order valence-corrected chi connectivity index (χ4v) is 3.31. The minimum atomic E-state index is -5.68. The van der Waals surface area contributed by atoms with Crippen molar-refractivity contribution in [2.45, 2.75) is 37.1 Å². The molecule has 2 rings (SSSR count). The van der Waals surface area contributed by atoms with E-state index in [-0.39, 0.29) is 54.4 Å². The third kappa shape index (κ3) is 7.89. The smallest absolute Gasteiger partial charge is 0.384 e. The van der Waals surface area contributed by atoms with Crippen LogP contribution in [0.5, 0.6) is 0 Å². The van der Waals surface area contributed by atoms with Crippen molar-refractivity contribution in [1.82, 2.24) is 5.32 Å². The Bertz CT molecular complexity index is 1070. The first-order valence-corrected chi connectivity index (χ1v) is 10.6. The molecule has 0 aliphatic heterocycles. The van der Waals surface area contributed by atoms with Crippen molar-refractivity contribution in [2.75, 3.05) is 25.6 Å². The van der Waals surface area contributed by atoms with Gasteiger partial charge in [0.25, 0.3) is 0 Å². The number of carbonyl (C=O) groups excluding carboxylic acids is 1. The minimum Gasteiger partial charge on any atom is -0.384 e. The van der Waals surface area contributed by atoms with Crippen molar-refractivity contribution in [3.63, 3.8) is 0 Å². The number of methoxy groups -OCH3 is 1. The van der Waals surface area contributed by atoms with Crippen LogP contribution in [-0.2, 0) is 34.0 Å². The molecule has 0 spiro atoms. The van der Waals surface area contributed by atoms with Gasteiger partial charge in [-0.3, -0.25) is 4.79 Å². The molecule has 0 heterocycles. The molecule has 3 N–H and O–H groups in total. The highest BCUT2D eigenvalue weighted by atomic mass is 35.5. The summed E-state index contributed by atoms with van der Waals surface area (Å²) in [7, 11) is 1.40. The number of rotatable bonds is 9. The summed E-state index contributed by atoms with van der Waals surface area (Å²) in [5.41, 5.74) is -9.60. The molecule has 37 heavy (non-hydrogen) atoms. The van der Waals surface area contributed by atoms with Crippen LogP contribution >= 0.6 is 11.6 Å². The van der Waals surface area contributed by atoms with E-state index >= 15 is 0 Å². The van der Waals surface area contributed by atoms with Crippen LogP contribution in [0.2, 0.25) is 5.02 Å². The topological polar surface area (TPSA) is 70.6 Å². The Balaban J connectivity index is 2.34. The van der Waals surface area contributed by atoms with Gasteiger partial charge in [0.2, 0.25) is 11.5 Å². The average Bonchev–Trinajstić information content (AvgIpc) is 2.78. The average molecular weight is 567 g/mol. The Morgan fingerprint density at radius 3 is 1.92 bits per heavy atom. The van der Waals surface area contributed by atoms with Crippen LogP contribution in [0.3, 0.4) is 0 Å². The van der Waals surface area contributed by atoms with Gasteiger partial charge in [0.05, 0.1) is 24.3 Å². The Hall–Kier alpha value is -2.71. The van der Waals surface area contributed by atoms with Gasteiger partial charge >= 0.3 is 18.5 Å². The summed E-state index contributed by atoms with van der Waals surface area (Å²) in [6.07, 6.45) is -16.4. The second kappa shape index (κ2) is 11.4. The molecule has 0 aliphatic rings. The number of nitrogens with one attached hydrogen (secondary N) is 2. The molecule has 0 unspecified atom stereocenters. The number of ether oxygens (including phenoxy) is 1. The van der Waals surface area contributed by atoms with E-state index in [0.717, 1.165) is 6.07 Å². The quantitative estimate of drug-likeness (QED) is 0.331. The number of carbonyl (C=O) groups is 1. The number of amides is 1. The Kier molecular flexibility index (Phi) is 9.36. The van der Waals surface area contributed by atoms with Crippen LogP contribution in [0.25, 0.3) is 0 Å². The summed E-state index contributed by atoms with van der Waals surface area (Å²) in [6.45, 7) is -1.42. The molecular formula is C22H20ClF9N2O3. The number of alkyl halides is 9. The molecule has 0 radical (unpaired) electrons. The lowest BCUT2D eigenvalue weighted by Crippen LogP contribution is -2.48. The fourth-order valence-electron chi connectivity index (χ4n) is 3.07. The zero-order valence-corrected chi connectivity index (χ0v) is 19.6. The van der Waals surface area contributed by atoms with Crippen molar-refractivity contribution in [3.8, 4) is 0 Å². The van der Waals surface area contributed by atoms with E-state index in [0.29, 0.717) is 5.56 Å². The van der Waals surface area contributed by atoms with Crippen molar-refractivity contribution < 1.29 is 54.2 Å². The lowest BCUT2D eigenvalue weighted by molar-refractivity contribution is -0.261. The first-order chi connectivity index (χ1) is 16.9. The van der Waals surface area contributed by atoms with Crippen LogP contribution in [0.15, 0.2) is 36.4 Å². The molecular weight excluding hydrogens is 547 g/mol. The number of benzene rings is 2. The van der Waals surface area contributed by atoms with E-state index < -0.39 is 47.4 Å². The van der Waals surface area contributed by atoms with Crippen molar-refractivity contribution in [1.29, 1.82) is 0 Å². The highest BCUT2D eigenvalue weighted by Crippen LogP contribution is 2.44. The predicted molar refractivity (Wildman–Crippen MR) is 115 cm³/mol. The monoisotopic (exact) mass is 566 g/mol. The van der Waals surface area contributed by atoms with Crippen LogP contribution in [-0.4, -0.2) is 37.5 Å². The largest absolute Gasteiger partial charge is 0.423 e. The van der Waals surface area contributed by atoms with Gasteiger partial charge in [0.15, 0.2) is 0 Å². The first kappa shape index (κ1) is 30.5. The molecule has 5 nitrogen and oxygen atoms in total. The molecule has 0 saturated heterocycles. The molecule has 0 aromatic heterocycles. The zero-order valence-electron chi connectivity index (χ0n) is 18.8. The van der Waals surface area contributed by atoms with E-state index in [9.17, 15) is 49.4 Å². The van der Waals surface area contributed by atoms with E-state index in [4.69, 9.17) is 16.3 Å². The summed E-state index contributed by atoms with van der Waals surface area (Å²) in [5.74, 6) is -0.366. The van der Waals surface area contributed by atoms with E-state index in [1.165, 1.54) is 19.2 Å². The maximum absolute atomic E-state index is 13.8. The second-order valence-electron chi connectivity index (χ2n) is 7.83. The summed E-state index contributed by atoms with van der Waals surface area (Å²) < 4.78 is 125. The van der Waals surface area contributed by atoms with Gasteiger partial charge in [-0.05, 0) is 41.5 Å². The maximum atomic E-state index is 13.8. The van der Waals surface area contributed by atoms with Crippen LogP contribution in [0.1, 0.15) is 28.7 Å². The first-order valence-electron chi connectivity index (χ1n) is 10.3. The summed E-state index contributed by atoms with van der Waals surface area (Å²) in [5, 5.41) is 15.0. The van der Waals surface area contributed by atoms with E-state index in [1.807, 2.05) is 0 Å². The second-order valence-corrected chi connectivity index (χ2v) is 8.24. The van der Waals surface area contributed by atoms with Gasteiger partial charge < -0.3 is 20.5 Å². The number of aliphatic hydroxyl groups is 1. The highest BCUT2D eigenvalue weighted by Gasteiger charge is 2.56. The van der Waals surface area contributed by atoms with Crippen molar-refractivity contribution in [2.24, 2.45) is 0 Å². The van der Waals surface area contributed by atoms with Crippen molar-refractivity contribution in [3.05, 3.63) is 63.7 Å². The number of hydrogen-bond donors (Lipinski definition) is 3. The summed E-state index contributed by atoms with van der Waals surface area (Å²) in [6, 6.07) is 2.91. The molecule has 15 heteroatoms.